The van der Waals surface area contributed by atoms with Gasteiger partial charge in [0.1, 0.15) is 0 Å². The molecule has 0 spiro atoms. The van der Waals surface area contributed by atoms with Gasteiger partial charge in [0.2, 0.25) is 5.91 Å². The summed E-state index contributed by atoms with van der Waals surface area (Å²) >= 11 is 1.34. The number of thioether (sulfide) groups is 1. The molecule has 1 heterocycles. The molecule has 0 aliphatic rings. The first-order chi connectivity index (χ1) is 16.1. The van der Waals surface area contributed by atoms with E-state index in [1.54, 1.807) is 12.3 Å². The molecule has 0 saturated heterocycles. The highest BCUT2D eigenvalue weighted by Gasteiger charge is 2.13. The van der Waals surface area contributed by atoms with E-state index in [-0.39, 0.29) is 17.6 Å². The highest BCUT2D eigenvalue weighted by molar-refractivity contribution is 8.00. The molecule has 7 heteroatoms. The quantitative estimate of drug-likeness (QED) is 0.356. The van der Waals surface area contributed by atoms with Gasteiger partial charge in [0.05, 0.1) is 17.9 Å². The monoisotopic (exact) mass is 456 g/mol. The van der Waals surface area contributed by atoms with Gasteiger partial charge in [0.25, 0.3) is 5.91 Å². The average Bonchev–Trinajstić information content (AvgIpc) is 3.33. The largest absolute Gasteiger partial charge is 0.325 e. The molecule has 6 nitrogen and oxygen atoms in total. The SMILES string of the molecule is Cc1ccc(NC(=O)CSc2ccccc2C(=O)Nc2cccc(Cn3cccn3)c2)cc1. The number of carbonyl (C=O) groups is 2. The molecule has 33 heavy (non-hydrogen) atoms. The van der Waals surface area contributed by atoms with Gasteiger partial charge < -0.3 is 10.6 Å². The summed E-state index contributed by atoms with van der Waals surface area (Å²) in [5.74, 6) is -0.129. The van der Waals surface area contributed by atoms with Gasteiger partial charge in [-0.25, -0.2) is 0 Å². The topological polar surface area (TPSA) is 76.0 Å². The number of carbonyl (C=O) groups excluding carboxylic acids is 2. The van der Waals surface area contributed by atoms with Crippen LogP contribution in [-0.2, 0) is 11.3 Å². The number of aryl methyl sites for hydroxylation is 1. The second kappa shape index (κ2) is 10.7. The summed E-state index contributed by atoms with van der Waals surface area (Å²) in [6.07, 6.45) is 3.63. The van der Waals surface area contributed by atoms with E-state index in [4.69, 9.17) is 0 Å². The van der Waals surface area contributed by atoms with Crippen molar-refractivity contribution in [3.05, 3.63) is 108 Å². The highest BCUT2D eigenvalue weighted by atomic mass is 32.2. The molecule has 4 rings (SSSR count). The zero-order valence-electron chi connectivity index (χ0n) is 18.2. The van der Waals surface area contributed by atoms with Crippen LogP contribution in [-0.4, -0.2) is 27.3 Å². The van der Waals surface area contributed by atoms with Crippen molar-refractivity contribution in [1.29, 1.82) is 0 Å². The van der Waals surface area contributed by atoms with Crippen LogP contribution < -0.4 is 10.6 Å². The fraction of sp³-hybridized carbons (Fsp3) is 0.115. The minimum Gasteiger partial charge on any atom is -0.325 e. The van der Waals surface area contributed by atoms with E-state index in [0.29, 0.717) is 17.8 Å². The Morgan fingerprint density at radius 1 is 0.909 bits per heavy atom. The number of nitrogens with one attached hydrogen (secondary N) is 2. The second-order valence-corrected chi connectivity index (χ2v) is 8.57. The molecule has 0 atom stereocenters. The minimum atomic E-state index is -0.215. The second-order valence-electron chi connectivity index (χ2n) is 7.56. The van der Waals surface area contributed by atoms with Crippen LogP contribution >= 0.6 is 11.8 Å². The Hall–Kier alpha value is -3.84. The molecule has 4 aromatic rings. The van der Waals surface area contributed by atoms with Gasteiger partial charge in [-0.2, -0.15) is 5.10 Å². The van der Waals surface area contributed by atoms with Gasteiger partial charge in [-0.05, 0) is 55.0 Å². The van der Waals surface area contributed by atoms with E-state index in [2.05, 4.69) is 15.7 Å². The van der Waals surface area contributed by atoms with Crippen LogP contribution in [0.4, 0.5) is 11.4 Å². The van der Waals surface area contributed by atoms with Gasteiger partial charge in [0, 0.05) is 28.7 Å². The Balaban J connectivity index is 1.39. The number of aromatic nitrogens is 2. The van der Waals surface area contributed by atoms with Crippen LogP contribution in [0.5, 0.6) is 0 Å². The fourth-order valence-electron chi connectivity index (χ4n) is 3.28. The number of rotatable bonds is 8. The smallest absolute Gasteiger partial charge is 0.256 e. The third-order valence-electron chi connectivity index (χ3n) is 4.91. The summed E-state index contributed by atoms with van der Waals surface area (Å²) in [7, 11) is 0. The first-order valence-corrected chi connectivity index (χ1v) is 11.5. The predicted octanol–water partition coefficient (Wildman–Crippen LogP) is 5.22. The zero-order chi connectivity index (χ0) is 23.0. The number of hydrogen-bond acceptors (Lipinski definition) is 4. The van der Waals surface area contributed by atoms with Crippen LogP contribution in [0.15, 0.2) is 96.2 Å². The number of amides is 2. The van der Waals surface area contributed by atoms with E-state index >= 15 is 0 Å². The van der Waals surface area contributed by atoms with E-state index < -0.39 is 0 Å². The lowest BCUT2D eigenvalue weighted by molar-refractivity contribution is -0.113. The predicted molar refractivity (Wildman–Crippen MR) is 133 cm³/mol. The average molecular weight is 457 g/mol. The lowest BCUT2D eigenvalue weighted by Gasteiger charge is -2.11. The van der Waals surface area contributed by atoms with E-state index in [1.165, 1.54) is 11.8 Å². The molecule has 0 bridgehead atoms. The molecule has 0 aliphatic carbocycles. The molecule has 0 aliphatic heterocycles. The standard InChI is InChI=1S/C26H24N4O2S/c1-19-10-12-21(13-11-19)28-25(31)18-33-24-9-3-2-8-23(24)26(32)29-22-7-4-6-20(16-22)17-30-15-5-14-27-30/h2-16H,17-18H2,1H3,(H,28,31)(H,29,32). The third-order valence-corrected chi connectivity index (χ3v) is 5.99. The molecular formula is C26H24N4O2S. The fourth-order valence-corrected chi connectivity index (χ4v) is 4.13. The molecule has 2 amide bonds. The molecule has 0 unspecified atom stereocenters. The number of anilines is 2. The molecule has 0 saturated carbocycles. The first kappa shape index (κ1) is 22.4. The molecule has 3 aromatic carbocycles. The Morgan fingerprint density at radius 3 is 2.52 bits per heavy atom. The zero-order valence-corrected chi connectivity index (χ0v) is 19.0. The van der Waals surface area contributed by atoms with Crippen molar-refractivity contribution in [1.82, 2.24) is 9.78 Å². The van der Waals surface area contributed by atoms with E-state index in [0.717, 1.165) is 21.7 Å². The van der Waals surface area contributed by atoms with Gasteiger partial charge in [-0.1, -0.05) is 42.0 Å². The van der Waals surface area contributed by atoms with Crippen molar-refractivity contribution in [3.8, 4) is 0 Å². The molecular weight excluding hydrogens is 432 g/mol. The summed E-state index contributed by atoms with van der Waals surface area (Å²) in [6.45, 7) is 2.62. The molecule has 0 fully saturated rings. The van der Waals surface area contributed by atoms with Crippen LogP contribution in [0, 0.1) is 6.92 Å². The van der Waals surface area contributed by atoms with E-state index in [9.17, 15) is 9.59 Å². The number of hydrogen-bond donors (Lipinski definition) is 2. The number of nitrogens with zero attached hydrogens (tertiary/aromatic N) is 2. The van der Waals surface area contributed by atoms with Gasteiger partial charge in [-0.15, -0.1) is 11.8 Å². The van der Waals surface area contributed by atoms with Gasteiger partial charge >= 0.3 is 0 Å². The minimum absolute atomic E-state index is 0.120. The van der Waals surface area contributed by atoms with Crippen molar-refractivity contribution < 1.29 is 9.59 Å². The molecule has 0 radical (unpaired) electrons. The lowest BCUT2D eigenvalue weighted by Crippen LogP contribution is -2.16. The summed E-state index contributed by atoms with van der Waals surface area (Å²) in [4.78, 5) is 26.1. The van der Waals surface area contributed by atoms with Crippen molar-refractivity contribution in [3.63, 3.8) is 0 Å². The van der Waals surface area contributed by atoms with Crippen molar-refractivity contribution in [2.24, 2.45) is 0 Å². The van der Waals surface area contributed by atoms with Crippen molar-refractivity contribution in [2.45, 2.75) is 18.4 Å². The Labute approximate surface area is 197 Å². The Morgan fingerprint density at radius 2 is 1.73 bits per heavy atom. The van der Waals surface area contributed by atoms with Crippen molar-refractivity contribution >= 4 is 35.0 Å². The Bertz CT molecular complexity index is 1240. The molecule has 166 valence electrons. The maximum atomic E-state index is 13.0. The van der Waals surface area contributed by atoms with Gasteiger partial charge in [0.15, 0.2) is 0 Å². The van der Waals surface area contributed by atoms with Crippen LogP contribution in [0.3, 0.4) is 0 Å². The Kier molecular flexibility index (Phi) is 7.22. The molecule has 1 aromatic heterocycles. The van der Waals surface area contributed by atoms with Crippen LogP contribution in [0.1, 0.15) is 21.5 Å². The lowest BCUT2D eigenvalue weighted by atomic mass is 10.1. The maximum Gasteiger partial charge on any atom is 0.256 e. The summed E-state index contributed by atoms with van der Waals surface area (Å²) in [5, 5.41) is 10.1. The van der Waals surface area contributed by atoms with Crippen LogP contribution in [0.2, 0.25) is 0 Å². The number of benzene rings is 3. The summed E-state index contributed by atoms with van der Waals surface area (Å²) < 4.78 is 1.83. The normalized spacial score (nSPS) is 10.6. The highest BCUT2D eigenvalue weighted by Crippen LogP contribution is 2.24. The first-order valence-electron chi connectivity index (χ1n) is 10.5. The maximum absolute atomic E-state index is 13.0. The summed E-state index contributed by atoms with van der Waals surface area (Å²) in [6, 6.07) is 24.5. The molecule has 2 N–H and O–H groups in total. The van der Waals surface area contributed by atoms with Crippen molar-refractivity contribution in [2.75, 3.05) is 16.4 Å². The van der Waals surface area contributed by atoms with Gasteiger partial charge in [-0.3, -0.25) is 14.3 Å². The van der Waals surface area contributed by atoms with E-state index in [1.807, 2.05) is 90.6 Å². The summed E-state index contributed by atoms with van der Waals surface area (Å²) in [5.41, 5.74) is 4.16. The van der Waals surface area contributed by atoms with Crippen LogP contribution in [0.25, 0.3) is 0 Å². The third kappa shape index (κ3) is 6.33.